The molecule has 1 aromatic carbocycles. The molecule has 20 heavy (non-hydrogen) atoms. The summed E-state index contributed by atoms with van der Waals surface area (Å²) in [5.41, 5.74) is 6.55. The van der Waals surface area contributed by atoms with Crippen LogP contribution >= 0.6 is 11.6 Å². The average molecular weight is 298 g/mol. The zero-order chi connectivity index (χ0) is 15.1. The summed E-state index contributed by atoms with van der Waals surface area (Å²) >= 11 is 5.99. The van der Waals surface area contributed by atoms with E-state index in [1.165, 1.54) is 0 Å². The Morgan fingerprint density at radius 1 is 1.40 bits per heavy atom. The van der Waals surface area contributed by atoms with Gasteiger partial charge in [-0.15, -0.1) is 0 Å². The van der Waals surface area contributed by atoms with E-state index >= 15 is 0 Å². The van der Waals surface area contributed by atoms with Crippen molar-refractivity contribution >= 4 is 23.2 Å². The Labute approximate surface area is 126 Å². The lowest BCUT2D eigenvalue weighted by atomic mass is 10.1. The quantitative estimate of drug-likeness (QED) is 0.601. The van der Waals surface area contributed by atoms with Crippen molar-refractivity contribution in [3.05, 3.63) is 28.8 Å². The summed E-state index contributed by atoms with van der Waals surface area (Å²) in [6, 6.07) is 5.63. The van der Waals surface area contributed by atoms with E-state index in [4.69, 9.17) is 17.3 Å². The number of unbranched alkanes of at least 4 members (excludes halogenated alkanes) is 1. The first-order valence-electron chi connectivity index (χ1n) is 6.96. The van der Waals surface area contributed by atoms with Gasteiger partial charge >= 0.3 is 0 Å². The highest BCUT2D eigenvalue weighted by atomic mass is 35.5. The summed E-state index contributed by atoms with van der Waals surface area (Å²) in [6.45, 7) is 6.00. The van der Waals surface area contributed by atoms with Gasteiger partial charge in [0.25, 0.3) is 5.91 Å². The SMILES string of the molecule is CC(C)N(C)CCCCNC(=O)c1c(N)cccc1Cl. The topological polar surface area (TPSA) is 58.4 Å². The van der Waals surface area contributed by atoms with E-state index in [1.807, 2.05) is 0 Å². The summed E-state index contributed by atoms with van der Waals surface area (Å²) in [5, 5.41) is 3.25. The molecule has 0 aliphatic rings. The molecule has 0 heterocycles. The third-order valence-corrected chi connectivity index (χ3v) is 3.69. The van der Waals surface area contributed by atoms with E-state index in [-0.39, 0.29) is 5.91 Å². The molecule has 0 aliphatic carbocycles. The van der Waals surface area contributed by atoms with Crippen molar-refractivity contribution < 1.29 is 4.79 Å². The largest absolute Gasteiger partial charge is 0.398 e. The summed E-state index contributed by atoms with van der Waals surface area (Å²) in [5.74, 6) is -0.203. The molecule has 0 aromatic heterocycles. The van der Waals surface area contributed by atoms with Gasteiger partial charge in [0.15, 0.2) is 0 Å². The van der Waals surface area contributed by atoms with Crippen molar-refractivity contribution in [1.29, 1.82) is 0 Å². The smallest absolute Gasteiger partial charge is 0.254 e. The predicted molar refractivity (Wildman–Crippen MR) is 85.2 cm³/mol. The van der Waals surface area contributed by atoms with Crippen molar-refractivity contribution in [3.8, 4) is 0 Å². The van der Waals surface area contributed by atoms with E-state index < -0.39 is 0 Å². The molecule has 0 atom stereocenters. The number of rotatable bonds is 7. The summed E-state index contributed by atoms with van der Waals surface area (Å²) < 4.78 is 0. The summed E-state index contributed by atoms with van der Waals surface area (Å²) in [6.07, 6.45) is 1.99. The van der Waals surface area contributed by atoms with Gasteiger partial charge in [0, 0.05) is 18.3 Å². The number of amides is 1. The van der Waals surface area contributed by atoms with Crippen molar-refractivity contribution in [1.82, 2.24) is 10.2 Å². The van der Waals surface area contributed by atoms with E-state index in [0.717, 1.165) is 19.4 Å². The van der Waals surface area contributed by atoms with Gasteiger partial charge in [-0.25, -0.2) is 0 Å². The second kappa shape index (κ2) is 8.12. The maximum atomic E-state index is 12.0. The first kappa shape index (κ1) is 16.8. The fourth-order valence-corrected chi connectivity index (χ4v) is 2.08. The Morgan fingerprint density at radius 2 is 2.10 bits per heavy atom. The molecule has 0 aliphatic heterocycles. The van der Waals surface area contributed by atoms with Crippen LogP contribution < -0.4 is 11.1 Å². The number of nitrogens with zero attached hydrogens (tertiary/aromatic N) is 1. The highest BCUT2D eigenvalue weighted by Crippen LogP contribution is 2.21. The third-order valence-electron chi connectivity index (χ3n) is 3.38. The molecular formula is C15H24ClN3O. The minimum atomic E-state index is -0.203. The van der Waals surface area contributed by atoms with Crippen LogP contribution in [0.15, 0.2) is 18.2 Å². The van der Waals surface area contributed by atoms with Gasteiger partial charge < -0.3 is 16.0 Å². The standard InChI is InChI=1S/C15H24ClN3O/c1-11(2)19(3)10-5-4-9-18-15(20)14-12(16)7-6-8-13(14)17/h6-8,11H,4-5,9-10,17H2,1-3H3,(H,18,20). The lowest BCUT2D eigenvalue weighted by Crippen LogP contribution is -2.29. The number of carbonyl (C=O) groups excluding carboxylic acids is 1. The van der Waals surface area contributed by atoms with Crippen LogP contribution in [0.5, 0.6) is 0 Å². The van der Waals surface area contributed by atoms with E-state index in [9.17, 15) is 4.79 Å². The zero-order valence-electron chi connectivity index (χ0n) is 12.4. The molecule has 1 rings (SSSR count). The number of carbonyl (C=O) groups is 1. The maximum absolute atomic E-state index is 12.0. The molecule has 0 radical (unpaired) electrons. The van der Waals surface area contributed by atoms with Crippen LogP contribution in [0.1, 0.15) is 37.0 Å². The van der Waals surface area contributed by atoms with Gasteiger partial charge in [-0.3, -0.25) is 4.79 Å². The summed E-state index contributed by atoms with van der Waals surface area (Å²) in [7, 11) is 2.10. The van der Waals surface area contributed by atoms with Crippen molar-refractivity contribution in [2.24, 2.45) is 0 Å². The van der Waals surface area contributed by atoms with Crippen LogP contribution in [-0.2, 0) is 0 Å². The Kier molecular flexibility index (Phi) is 6.82. The highest BCUT2D eigenvalue weighted by molar-refractivity contribution is 6.34. The zero-order valence-corrected chi connectivity index (χ0v) is 13.2. The van der Waals surface area contributed by atoms with E-state index in [1.54, 1.807) is 18.2 Å². The van der Waals surface area contributed by atoms with Crippen LogP contribution in [0.25, 0.3) is 0 Å². The Balaban J connectivity index is 2.34. The maximum Gasteiger partial charge on any atom is 0.254 e. The lowest BCUT2D eigenvalue weighted by molar-refractivity contribution is 0.0953. The number of hydrogen-bond acceptors (Lipinski definition) is 3. The average Bonchev–Trinajstić information content (AvgIpc) is 2.37. The Morgan fingerprint density at radius 3 is 2.70 bits per heavy atom. The van der Waals surface area contributed by atoms with Crippen molar-refractivity contribution in [2.75, 3.05) is 25.9 Å². The number of benzene rings is 1. The van der Waals surface area contributed by atoms with Crippen LogP contribution in [0.3, 0.4) is 0 Å². The van der Waals surface area contributed by atoms with Gasteiger partial charge in [-0.05, 0) is 52.4 Å². The van der Waals surface area contributed by atoms with E-state index in [2.05, 4.69) is 31.1 Å². The van der Waals surface area contributed by atoms with Gasteiger partial charge in [-0.2, -0.15) is 0 Å². The monoisotopic (exact) mass is 297 g/mol. The Hall–Kier alpha value is -1.26. The van der Waals surface area contributed by atoms with Crippen molar-refractivity contribution in [2.45, 2.75) is 32.7 Å². The predicted octanol–water partition coefficient (Wildman–Crippen LogP) is 2.77. The second-order valence-electron chi connectivity index (χ2n) is 5.24. The normalized spacial score (nSPS) is 11.1. The first-order valence-corrected chi connectivity index (χ1v) is 7.33. The molecule has 0 spiro atoms. The van der Waals surface area contributed by atoms with Gasteiger partial charge in [-0.1, -0.05) is 17.7 Å². The number of nitrogens with two attached hydrogens (primary N) is 1. The van der Waals surface area contributed by atoms with Crippen LogP contribution in [0.2, 0.25) is 5.02 Å². The number of nitrogen functional groups attached to an aromatic ring is 1. The molecule has 4 nitrogen and oxygen atoms in total. The first-order chi connectivity index (χ1) is 9.43. The second-order valence-corrected chi connectivity index (χ2v) is 5.65. The van der Waals surface area contributed by atoms with Gasteiger partial charge in [0.05, 0.1) is 10.6 Å². The van der Waals surface area contributed by atoms with E-state index in [0.29, 0.717) is 28.9 Å². The number of hydrogen-bond donors (Lipinski definition) is 2. The fourth-order valence-electron chi connectivity index (χ4n) is 1.82. The highest BCUT2D eigenvalue weighted by Gasteiger charge is 2.13. The van der Waals surface area contributed by atoms with Gasteiger partial charge in [0.1, 0.15) is 0 Å². The molecule has 1 amide bonds. The van der Waals surface area contributed by atoms with Crippen molar-refractivity contribution in [3.63, 3.8) is 0 Å². The molecule has 0 unspecified atom stereocenters. The molecular weight excluding hydrogens is 274 g/mol. The minimum absolute atomic E-state index is 0.203. The fraction of sp³-hybridized carbons (Fsp3) is 0.533. The minimum Gasteiger partial charge on any atom is -0.398 e. The number of anilines is 1. The summed E-state index contributed by atoms with van der Waals surface area (Å²) in [4.78, 5) is 14.3. The van der Waals surface area contributed by atoms with Crippen LogP contribution in [-0.4, -0.2) is 37.0 Å². The molecule has 5 heteroatoms. The lowest BCUT2D eigenvalue weighted by Gasteiger charge is -2.20. The Bertz CT molecular complexity index is 428. The molecule has 0 bridgehead atoms. The number of halogens is 1. The molecule has 0 saturated heterocycles. The van der Waals surface area contributed by atoms with Gasteiger partial charge in [0.2, 0.25) is 0 Å². The molecule has 1 aromatic rings. The van der Waals surface area contributed by atoms with Crippen LogP contribution in [0, 0.1) is 0 Å². The van der Waals surface area contributed by atoms with Crippen LogP contribution in [0.4, 0.5) is 5.69 Å². The molecule has 3 N–H and O–H groups in total. The molecule has 0 fully saturated rings. The molecule has 112 valence electrons. The third kappa shape index (κ3) is 5.02. The molecule has 0 saturated carbocycles. The number of nitrogens with one attached hydrogen (secondary N) is 1.